The van der Waals surface area contributed by atoms with Gasteiger partial charge >= 0.3 is 6.03 Å². The number of nitrogens with one attached hydrogen (secondary N) is 1. The van der Waals surface area contributed by atoms with Crippen molar-refractivity contribution >= 4 is 32.7 Å². The Morgan fingerprint density at radius 1 is 0.893 bits per heavy atom. The van der Waals surface area contributed by atoms with Gasteiger partial charge in [0.15, 0.2) is 0 Å². The summed E-state index contributed by atoms with van der Waals surface area (Å²) in [5.41, 5.74) is 3.68. The molecule has 0 fully saturated rings. The summed E-state index contributed by atoms with van der Waals surface area (Å²) in [4.78, 5) is 14.6. The summed E-state index contributed by atoms with van der Waals surface area (Å²) in [6, 6.07) is 26.0. The lowest BCUT2D eigenvalue weighted by atomic mass is 10.1. The molecule has 0 radical (unpaired) electrons. The number of hydrogen-bond acceptors (Lipinski definition) is 3. The number of urea groups is 1. The van der Waals surface area contributed by atoms with Crippen LogP contribution in [-0.4, -0.2) is 24.2 Å². The average molecular weight is 391 g/mol. The molecule has 1 N–H and O–H groups in total. The molecule has 0 saturated heterocycles. The van der Waals surface area contributed by atoms with Gasteiger partial charge in [-0.25, -0.2) is 13.5 Å². The monoisotopic (exact) mass is 390 g/mol. The lowest BCUT2D eigenvalue weighted by molar-refractivity contribution is 0.218. The summed E-state index contributed by atoms with van der Waals surface area (Å²) in [6.07, 6.45) is 2.10. The summed E-state index contributed by atoms with van der Waals surface area (Å²) in [5.74, 6) is 0. The van der Waals surface area contributed by atoms with Crippen LogP contribution in [0.1, 0.15) is 5.56 Å². The minimum absolute atomic E-state index is 0.0870. The maximum Gasteiger partial charge on any atom is 0.321 e. The Kier molecular flexibility index (Phi) is 4.88. The highest BCUT2D eigenvalue weighted by Crippen LogP contribution is 2.30. The first-order valence-corrected chi connectivity index (χ1v) is 11.0. The molecule has 0 aliphatic carbocycles. The van der Waals surface area contributed by atoms with Gasteiger partial charge < -0.3 is 10.2 Å². The second-order valence-electron chi connectivity index (χ2n) is 6.79. The lowest BCUT2D eigenvalue weighted by Crippen LogP contribution is -2.35. The largest absolute Gasteiger partial charge is 0.323 e. The molecule has 1 heterocycles. The van der Waals surface area contributed by atoms with E-state index in [2.05, 4.69) is 23.7 Å². The molecule has 5 nitrogen and oxygen atoms in total. The number of amides is 2. The van der Waals surface area contributed by atoms with Crippen LogP contribution in [0.5, 0.6) is 0 Å². The van der Waals surface area contributed by atoms with Crippen LogP contribution in [0.4, 0.5) is 21.9 Å². The van der Waals surface area contributed by atoms with Crippen molar-refractivity contribution in [1.29, 1.82) is 0 Å². The Bertz CT molecular complexity index is 1130. The standard InChI is InChI=1S/C22H22N4OS/c1-26-16-17-15-19(13-14-21(17)23-22(26)27)25-28(2,20-11-7-4-8-12-20)24-18-9-5-3-6-10-18/h3-15H,16H2,1-2H3,(H,23,27). The van der Waals surface area contributed by atoms with E-state index in [1.165, 1.54) is 0 Å². The molecule has 142 valence electrons. The van der Waals surface area contributed by atoms with Gasteiger partial charge in [-0.15, -0.1) is 0 Å². The fourth-order valence-electron chi connectivity index (χ4n) is 3.13. The molecule has 0 spiro atoms. The zero-order chi connectivity index (χ0) is 19.6. The van der Waals surface area contributed by atoms with Crippen molar-refractivity contribution in [2.75, 3.05) is 18.6 Å². The van der Waals surface area contributed by atoms with Gasteiger partial charge in [0.05, 0.1) is 11.4 Å². The van der Waals surface area contributed by atoms with Gasteiger partial charge in [-0.3, -0.25) is 0 Å². The molecule has 2 amide bonds. The van der Waals surface area contributed by atoms with E-state index in [-0.39, 0.29) is 6.03 Å². The molecule has 3 aromatic carbocycles. The molecule has 1 atom stereocenters. The predicted octanol–water partition coefficient (Wildman–Crippen LogP) is 5.84. The lowest BCUT2D eigenvalue weighted by Gasteiger charge is -2.26. The van der Waals surface area contributed by atoms with Crippen molar-refractivity contribution in [1.82, 2.24) is 4.90 Å². The van der Waals surface area contributed by atoms with Crippen LogP contribution in [-0.2, 0) is 16.2 Å². The van der Waals surface area contributed by atoms with E-state index in [0.29, 0.717) is 6.54 Å². The number of fused-ring (bicyclic) bond motifs is 1. The minimum atomic E-state index is -1.83. The van der Waals surface area contributed by atoms with Gasteiger partial charge in [-0.05, 0) is 57.6 Å². The number of rotatable bonds is 3. The fourth-order valence-corrected chi connectivity index (χ4v) is 5.11. The first kappa shape index (κ1) is 18.3. The van der Waals surface area contributed by atoms with Crippen LogP contribution >= 0.6 is 0 Å². The third kappa shape index (κ3) is 3.77. The molecule has 1 aliphatic heterocycles. The number of carbonyl (C=O) groups excluding carboxylic acids is 1. The maximum absolute atomic E-state index is 11.8. The van der Waals surface area contributed by atoms with Gasteiger partial charge in [0.2, 0.25) is 0 Å². The predicted molar refractivity (Wildman–Crippen MR) is 116 cm³/mol. The molecule has 4 rings (SSSR count). The third-order valence-corrected chi connectivity index (χ3v) is 6.89. The average Bonchev–Trinajstić information content (AvgIpc) is 2.70. The van der Waals surface area contributed by atoms with Crippen molar-refractivity contribution in [2.24, 2.45) is 8.73 Å². The van der Waals surface area contributed by atoms with Crippen LogP contribution in [0.3, 0.4) is 0 Å². The topological polar surface area (TPSA) is 57.1 Å². The zero-order valence-electron chi connectivity index (χ0n) is 15.9. The summed E-state index contributed by atoms with van der Waals surface area (Å²) >= 11 is 0. The van der Waals surface area contributed by atoms with Crippen molar-refractivity contribution in [2.45, 2.75) is 11.4 Å². The molecule has 6 heteroatoms. The second kappa shape index (κ2) is 7.48. The Labute approximate surface area is 165 Å². The van der Waals surface area contributed by atoms with Crippen molar-refractivity contribution in [3.63, 3.8) is 0 Å². The zero-order valence-corrected chi connectivity index (χ0v) is 16.7. The molecule has 0 saturated carbocycles. The minimum Gasteiger partial charge on any atom is -0.323 e. The second-order valence-corrected chi connectivity index (χ2v) is 9.30. The summed E-state index contributed by atoms with van der Waals surface area (Å²) in [7, 11) is -0.0417. The van der Waals surface area contributed by atoms with Gasteiger partial charge in [-0.1, -0.05) is 36.4 Å². The van der Waals surface area contributed by atoms with E-state index < -0.39 is 9.62 Å². The molecule has 0 bridgehead atoms. The molecule has 0 aromatic heterocycles. The Balaban J connectivity index is 1.86. The number of anilines is 1. The molecular weight excluding hydrogens is 368 g/mol. The maximum atomic E-state index is 11.8. The summed E-state index contributed by atoms with van der Waals surface area (Å²) in [5, 5.41) is 2.90. The highest BCUT2D eigenvalue weighted by atomic mass is 32.2. The fraction of sp³-hybridized carbons (Fsp3) is 0.136. The molecule has 3 aromatic rings. The van der Waals surface area contributed by atoms with Crippen LogP contribution in [0.25, 0.3) is 0 Å². The van der Waals surface area contributed by atoms with Crippen molar-refractivity contribution in [3.05, 3.63) is 84.4 Å². The van der Waals surface area contributed by atoms with Crippen LogP contribution in [0, 0.1) is 0 Å². The van der Waals surface area contributed by atoms with Gasteiger partial charge in [-0.2, -0.15) is 0 Å². The highest BCUT2D eigenvalue weighted by molar-refractivity contribution is 7.95. The van der Waals surface area contributed by atoms with Crippen molar-refractivity contribution in [3.8, 4) is 0 Å². The summed E-state index contributed by atoms with van der Waals surface area (Å²) in [6.45, 7) is 0.567. The molecule has 1 aliphatic rings. The quantitative estimate of drug-likeness (QED) is 0.600. The Hall–Kier alpha value is -3.12. The number of nitrogens with zero attached hydrogens (tertiary/aromatic N) is 3. The van der Waals surface area contributed by atoms with Crippen LogP contribution in [0.2, 0.25) is 0 Å². The van der Waals surface area contributed by atoms with E-state index in [4.69, 9.17) is 8.73 Å². The first-order valence-electron chi connectivity index (χ1n) is 9.03. The highest BCUT2D eigenvalue weighted by Gasteiger charge is 2.19. The molecular formula is C22H22N4OS. The summed E-state index contributed by atoms with van der Waals surface area (Å²) < 4.78 is 10.1. The van der Waals surface area contributed by atoms with Crippen LogP contribution < -0.4 is 5.32 Å². The van der Waals surface area contributed by atoms with E-state index in [1.807, 2.05) is 66.7 Å². The molecule has 1 unspecified atom stereocenters. The van der Waals surface area contributed by atoms with Crippen molar-refractivity contribution < 1.29 is 4.79 Å². The first-order chi connectivity index (χ1) is 13.5. The van der Waals surface area contributed by atoms with Crippen LogP contribution in [0.15, 0.2) is 92.5 Å². The van der Waals surface area contributed by atoms with E-state index >= 15 is 0 Å². The number of carbonyl (C=O) groups is 1. The number of hydrogen-bond donors (Lipinski definition) is 1. The van der Waals surface area contributed by atoms with E-state index in [1.54, 1.807) is 11.9 Å². The normalized spacial score (nSPS) is 15.2. The molecule has 28 heavy (non-hydrogen) atoms. The van der Waals surface area contributed by atoms with Gasteiger partial charge in [0.25, 0.3) is 0 Å². The van der Waals surface area contributed by atoms with E-state index in [9.17, 15) is 4.79 Å². The Morgan fingerprint density at radius 3 is 2.25 bits per heavy atom. The van der Waals surface area contributed by atoms with E-state index in [0.717, 1.165) is 27.5 Å². The SMILES string of the molecule is CN1Cc2cc(N=S(C)(=Nc3ccccc3)c3ccccc3)ccc2NC1=O. The Morgan fingerprint density at radius 2 is 1.54 bits per heavy atom. The number of benzene rings is 3. The third-order valence-electron chi connectivity index (χ3n) is 4.60. The smallest absolute Gasteiger partial charge is 0.321 e. The van der Waals surface area contributed by atoms with Gasteiger partial charge in [0, 0.05) is 30.4 Å². The van der Waals surface area contributed by atoms with Gasteiger partial charge in [0.1, 0.15) is 0 Å².